The van der Waals surface area contributed by atoms with Crippen molar-refractivity contribution in [2.45, 2.75) is 65.0 Å². The van der Waals surface area contributed by atoms with Crippen molar-refractivity contribution in [3.05, 3.63) is 29.8 Å². The van der Waals surface area contributed by atoms with Crippen molar-refractivity contribution in [2.24, 2.45) is 0 Å². The number of likely N-dealkylation sites (tertiary alicyclic amines) is 1. The van der Waals surface area contributed by atoms with E-state index in [-0.39, 0.29) is 11.9 Å². The maximum atomic E-state index is 13.1. The largest absolute Gasteiger partial charge is 0.314 e. The van der Waals surface area contributed by atoms with Gasteiger partial charge in [0.2, 0.25) is 5.91 Å². The fourth-order valence-corrected chi connectivity index (χ4v) is 3.51. The molecule has 3 nitrogen and oxygen atoms in total. The number of amides is 1. The second-order valence-corrected chi connectivity index (χ2v) is 6.57. The Balaban J connectivity index is 2.16. The third-order valence-electron chi connectivity index (χ3n) is 4.93. The Labute approximate surface area is 135 Å². The van der Waals surface area contributed by atoms with E-state index in [9.17, 15) is 4.79 Å². The molecule has 3 heteroatoms. The van der Waals surface area contributed by atoms with Crippen LogP contribution in [0.1, 0.15) is 51.5 Å². The van der Waals surface area contributed by atoms with Gasteiger partial charge in [-0.05, 0) is 57.7 Å². The molecule has 1 amide bonds. The van der Waals surface area contributed by atoms with Gasteiger partial charge in [0, 0.05) is 18.8 Å². The van der Waals surface area contributed by atoms with Gasteiger partial charge in [0.05, 0.1) is 6.04 Å². The molecular formula is C19H30N2O. The fraction of sp³-hybridized carbons (Fsp3) is 0.632. The number of aryl methyl sites for hydroxylation is 1. The predicted molar refractivity (Wildman–Crippen MR) is 93.3 cm³/mol. The molecule has 0 spiro atoms. The Bertz CT molecular complexity index is 500. The number of hydrogen-bond acceptors (Lipinski definition) is 2. The van der Waals surface area contributed by atoms with E-state index in [1.165, 1.54) is 19.3 Å². The van der Waals surface area contributed by atoms with Crippen molar-refractivity contribution in [3.63, 3.8) is 0 Å². The Morgan fingerprint density at radius 3 is 2.73 bits per heavy atom. The summed E-state index contributed by atoms with van der Waals surface area (Å²) in [7, 11) is 1.92. The van der Waals surface area contributed by atoms with Crippen LogP contribution in [-0.4, -0.2) is 36.5 Å². The van der Waals surface area contributed by atoms with E-state index in [4.69, 9.17) is 0 Å². The van der Waals surface area contributed by atoms with Gasteiger partial charge in [0.15, 0.2) is 0 Å². The lowest BCUT2D eigenvalue weighted by Crippen LogP contribution is -2.53. The molecule has 0 radical (unpaired) electrons. The van der Waals surface area contributed by atoms with Crippen LogP contribution in [-0.2, 0) is 4.79 Å². The second kappa shape index (κ2) is 7.77. The molecule has 1 aromatic rings. The quantitative estimate of drug-likeness (QED) is 0.820. The number of carbonyl (C=O) groups excluding carboxylic acids is 1. The van der Waals surface area contributed by atoms with Crippen molar-refractivity contribution in [1.82, 2.24) is 4.90 Å². The molecule has 0 saturated carbocycles. The number of hydrogen-bond donors (Lipinski definition) is 0. The minimum Gasteiger partial charge on any atom is -0.314 e. The molecule has 1 heterocycles. The van der Waals surface area contributed by atoms with Crippen molar-refractivity contribution in [2.75, 3.05) is 18.5 Å². The summed E-state index contributed by atoms with van der Waals surface area (Å²) in [5.74, 6) is 0.247. The van der Waals surface area contributed by atoms with Gasteiger partial charge >= 0.3 is 0 Å². The number of likely N-dealkylation sites (N-methyl/N-ethyl adjacent to an activating group) is 1. The summed E-state index contributed by atoms with van der Waals surface area (Å²) in [4.78, 5) is 17.3. The Hall–Kier alpha value is -1.35. The van der Waals surface area contributed by atoms with E-state index in [0.29, 0.717) is 6.04 Å². The van der Waals surface area contributed by atoms with E-state index in [2.05, 4.69) is 31.7 Å². The molecule has 0 aliphatic carbocycles. The van der Waals surface area contributed by atoms with Gasteiger partial charge in [-0.15, -0.1) is 0 Å². The van der Waals surface area contributed by atoms with Gasteiger partial charge in [-0.2, -0.15) is 0 Å². The molecule has 1 aliphatic heterocycles. The summed E-state index contributed by atoms with van der Waals surface area (Å²) in [6.45, 7) is 7.58. The van der Waals surface area contributed by atoms with Crippen LogP contribution in [0.5, 0.6) is 0 Å². The average Bonchev–Trinajstić information content (AvgIpc) is 2.52. The first-order valence-corrected chi connectivity index (χ1v) is 8.65. The number of unbranched alkanes of at least 4 members (excludes halogenated alkanes) is 1. The SMILES string of the molecule is CCCCN1[C@@H](C)CCC[C@H]1C(=O)N(C)c1ccccc1C. The second-order valence-electron chi connectivity index (χ2n) is 6.57. The number of carbonyl (C=O) groups is 1. The van der Waals surface area contributed by atoms with Crippen molar-refractivity contribution in [3.8, 4) is 0 Å². The van der Waals surface area contributed by atoms with Crippen molar-refractivity contribution < 1.29 is 4.79 Å². The van der Waals surface area contributed by atoms with Crippen LogP contribution in [0.2, 0.25) is 0 Å². The molecule has 1 saturated heterocycles. The van der Waals surface area contributed by atoms with E-state index >= 15 is 0 Å². The summed E-state index contributed by atoms with van der Waals surface area (Å²) in [6.07, 6.45) is 5.70. The molecule has 1 fully saturated rings. The number of piperidine rings is 1. The maximum absolute atomic E-state index is 13.1. The maximum Gasteiger partial charge on any atom is 0.244 e. The summed E-state index contributed by atoms with van der Waals surface area (Å²) in [5.41, 5.74) is 2.18. The Kier molecular flexibility index (Phi) is 6.01. The Morgan fingerprint density at radius 1 is 1.32 bits per heavy atom. The minimum atomic E-state index is 0.0416. The molecule has 22 heavy (non-hydrogen) atoms. The zero-order chi connectivity index (χ0) is 16.1. The van der Waals surface area contributed by atoms with Crippen molar-refractivity contribution >= 4 is 11.6 Å². The van der Waals surface area contributed by atoms with E-state index in [1.807, 2.05) is 30.1 Å². The molecule has 0 aromatic heterocycles. The topological polar surface area (TPSA) is 23.6 Å². The molecule has 2 atom stereocenters. The van der Waals surface area contributed by atoms with Crippen LogP contribution in [0.3, 0.4) is 0 Å². The highest BCUT2D eigenvalue weighted by molar-refractivity contribution is 5.97. The van der Waals surface area contributed by atoms with Crippen LogP contribution in [0.15, 0.2) is 24.3 Å². The van der Waals surface area contributed by atoms with Crippen LogP contribution < -0.4 is 4.90 Å². The number of anilines is 1. The zero-order valence-corrected chi connectivity index (χ0v) is 14.5. The average molecular weight is 302 g/mol. The first-order valence-electron chi connectivity index (χ1n) is 8.65. The van der Waals surface area contributed by atoms with Gasteiger partial charge in [-0.3, -0.25) is 9.69 Å². The monoisotopic (exact) mass is 302 g/mol. The van der Waals surface area contributed by atoms with E-state index < -0.39 is 0 Å². The number of benzene rings is 1. The lowest BCUT2D eigenvalue weighted by Gasteiger charge is -2.41. The fourth-order valence-electron chi connectivity index (χ4n) is 3.51. The zero-order valence-electron chi connectivity index (χ0n) is 14.5. The van der Waals surface area contributed by atoms with Gasteiger partial charge in [-0.1, -0.05) is 31.5 Å². The normalized spacial score (nSPS) is 22.5. The van der Waals surface area contributed by atoms with Gasteiger partial charge < -0.3 is 4.90 Å². The predicted octanol–water partition coefficient (Wildman–Crippen LogP) is 4.00. The molecule has 2 rings (SSSR count). The standard InChI is InChI=1S/C19H30N2O/c1-5-6-14-21-16(3)11-9-13-18(21)19(22)20(4)17-12-8-7-10-15(17)2/h7-8,10,12,16,18H,5-6,9,11,13-14H2,1-4H3/t16-,18-/m0/s1. The Morgan fingerprint density at radius 2 is 2.05 bits per heavy atom. The van der Waals surface area contributed by atoms with Crippen molar-refractivity contribution in [1.29, 1.82) is 0 Å². The summed E-state index contributed by atoms with van der Waals surface area (Å²) in [5, 5.41) is 0. The summed E-state index contributed by atoms with van der Waals surface area (Å²) >= 11 is 0. The number of rotatable bonds is 5. The molecule has 122 valence electrons. The van der Waals surface area contributed by atoms with E-state index in [1.54, 1.807) is 0 Å². The van der Waals surface area contributed by atoms with Crippen LogP contribution in [0.4, 0.5) is 5.69 Å². The van der Waals surface area contributed by atoms with Gasteiger partial charge in [-0.25, -0.2) is 0 Å². The first kappa shape index (κ1) is 17.0. The van der Waals surface area contributed by atoms with Crippen LogP contribution in [0.25, 0.3) is 0 Å². The lowest BCUT2D eigenvalue weighted by molar-refractivity contribution is -0.126. The number of para-hydroxylation sites is 1. The first-order chi connectivity index (χ1) is 10.6. The minimum absolute atomic E-state index is 0.0416. The van der Waals surface area contributed by atoms with Crippen LogP contribution in [0, 0.1) is 6.92 Å². The summed E-state index contributed by atoms with van der Waals surface area (Å²) < 4.78 is 0. The smallest absolute Gasteiger partial charge is 0.244 e. The van der Waals surface area contributed by atoms with Crippen LogP contribution >= 0.6 is 0 Å². The summed E-state index contributed by atoms with van der Waals surface area (Å²) in [6, 6.07) is 8.69. The lowest BCUT2D eigenvalue weighted by atomic mass is 9.94. The molecule has 0 bridgehead atoms. The molecule has 1 aliphatic rings. The van der Waals surface area contributed by atoms with Gasteiger partial charge in [0.25, 0.3) is 0 Å². The highest BCUT2D eigenvalue weighted by Gasteiger charge is 2.34. The third kappa shape index (κ3) is 3.70. The molecular weight excluding hydrogens is 272 g/mol. The number of nitrogens with zero attached hydrogens (tertiary/aromatic N) is 2. The molecule has 0 unspecified atom stereocenters. The van der Waals surface area contributed by atoms with Gasteiger partial charge in [0.1, 0.15) is 0 Å². The highest BCUT2D eigenvalue weighted by atomic mass is 16.2. The third-order valence-corrected chi connectivity index (χ3v) is 4.93. The van der Waals surface area contributed by atoms with E-state index in [0.717, 1.165) is 30.6 Å². The highest BCUT2D eigenvalue weighted by Crippen LogP contribution is 2.27. The molecule has 0 N–H and O–H groups in total. The molecule has 1 aromatic carbocycles.